The Hall–Kier alpha value is -3.02. The van der Waals surface area contributed by atoms with Crippen molar-refractivity contribution >= 4 is 17.6 Å². The van der Waals surface area contributed by atoms with Crippen LogP contribution in [0.2, 0.25) is 0 Å². The summed E-state index contributed by atoms with van der Waals surface area (Å²) in [5.41, 5.74) is 2.64. The van der Waals surface area contributed by atoms with Gasteiger partial charge >= 0.3 is 5.97 Å². The Labute approximate surface area is 159 Å². The highest BCUT2D eigenvalue weighted by Crippen LogP contribution is 2.28. The fraction of sp³-hybridized carbons (Fsp3) is 0.333. The maximum absolute atomic E-state index is 12.5. The van der Waals surface area contributed by atoms with Crippen LogP contribution in [0.5, 0.6) is 11.5 Å². The lowest BCUT2D eigenvalue weighted by atomic mass is 9.98. The van der Waals surface area contributed by atoms with Gasteiger partial charge in [0.2, 0.25) is 0 Å². The number of phenols is 1. The molecular formula is C21H25NO5. The number of phenolic OH excluding ortho intramolecular Hbond substituents is 1. The molecule has 0 saturated carbocycles. The summed E-state index contributed by atoms with van der Waals surface area (Å²) in [4.78, 5) is 24.8. The van der Waals surface area contributed by atoms with Gasteiger partial charge in [0.25, 0.3) is 5.91 Å². The first-order chi connectivity index (χ1) is 12.7. The third kappa shape index (κ3) is 4.78. The summed E-state index contributed by atoms with van der Waals surface area (Å²) < 4.78 is 10.2. The van der Waals surface area contributed by atoms with Crippen molar-refractivity contribution in [3.8, 4) is 11.5 Å². The Bertz CT molecular complexity index is 844. The molecule has 2 aromatic carbocycles. The van der Waals surface area contributed by atoms with Gasteiger partial charge in [-0.3, -0.25) is 4.79 Å². The lowest BCUT2D eigenvalue weighted by Gasteiger charge is -2.19. The van der Waals surface area contributed by atoms with Crippen molar-refractivity contribution in [2.45, 2.75) is 39.7 Å². The number of aryl methyl sites for hydroxylation is 1. The number of nitrogens with one attached hydrogen (secondary N) is 1. The zero-order valence-corrected chi connectivity index (χ0v) is 16.2. The molecule has 27 heavy (non-hydrogen) atoms. The number of aromatic hydroxyl groups is 1. The number of hydrogen-bond donors (Lipinski definition) is 2. The van der Waals surface area contributed by atoms with E-state index in [0.29, 0.717) is 5.75 Å². The molecule has 0 heterocycles. The monoisotopic (exact) mass is 371 g/mol. The van der Waals surface area contributed by atoms with Crippen molar-refractivity contribution in [1.29, 1.82) is 0 Å². The van der Waals surface area contributed by atoms with Gasteiger partial charge < -0.3 is 19.9 Å². The minimum absolute atomic E-state index is 0.0331. The molecule has 0 aromatic heterocycles. The zero-order chi connectivity index (χ0) is 20.1. The topological polar surface area (TPSA) is 84.9 Å². The summed E-state index contributed by atoms with van der Waals surface area (Å²) in [6, 6.07) is 10.0. The Morgan fingerprint density at radius 2 is 1.81 bits per heavy atom. The number of para-hydroxylation sites is 1. The molecule has 2 N–H and O–H groups in total. The lowest BCUT2D eigenvalue weighted by Crippen LogP contribution is -2.30. The normalized spacial score (nSPS) is 11.8. The maximum Gasteiger partial charge on any atom is 0.342 e. The second-order valence-corrected chi connectivity index (χ2v) is 6.61. The lowest BCUT2D eigenvalue weighted by molar-refractivity contribution is -0.123. The van der Waals surface area contributed by atoms with Crippen molar-refractivity contribution in [2.24, 2.45) is 0 Å². The van der Waals surface area contributed by atoms with Gasteiger partial charge in [0.05, 0.1) is 7.11 Å². The number of esters is 1. The van der Waals surface area contributed by atoms with Gasteiger partial charge in [0.15, 0.2) is 6.10 Å². The molecule has 144 valence electrons. The number of rotatable bonds is 6. The van der Waals surface area contributed by atoms with E-state index in [1.54, 1.807) is 0 Å². The van der Waals surface area contributed by atoms with Crippen LogP contribution in [0, 0.1) is 6.92 Å². The van der Waals surface area contributed by atoms with Crippen LogP contribution >= 0.6 is 0 Å². The van der Waals surface area contributed by atoms with Crippen LogP contribution in [0.1, 0.15) is 48.2 Å². The number of anilines is 1. The number of carbonyl (C=O) groups is 2. The fourth-order valence-electron chi connectivity index (χ4n) is 2.66. The van der Waals surface area contributed by atoms with E-state index < -0.39 is 18.0 Å². The molecule has 2 aromatic rings. The van der Waals surface area contributed by atoms with Gasteiger partial charge in [-0.1, -0.05) is 32.0 Å². The molecule has 6 heteroatoms. The second-order valence-electron chi connectivity index (χ2n) is 6.61. The van der Waals surface area contributed by atoms with E-state index in [1.807, 2.05) is 39.0 Å². The molecule has 0 spiro atoms. The summed E-state index contributed by atoms with van der Waals surface area (Å²) in [6.45, 7) is 7.48. The molecule has 0 aliphatic heterocycles. The van der Waals surface area contributed by atoms with E-state index in [4.69, 9.17) is 9.47 Å². The molecule has 1 atom stereocenters. The summed E-state index contributed by atoms with van der Waals surface area (Å²) in [5, 5.41) is 12.8. The van der Waals surface area contributed by atoms with Crippen LogP contribution in [-0.2, 0) is 9.53 Å². The molecule has 6 nitrogen and oxygen atoms in total. The summed E-state index contributed by atoms with van der Waals surface area (Å²) in [6.07, 6.45) is -1.03. The molecule has 0 aliphatic rings. The van der Waals surface area contributed by atoms with E-state index >= 15 is 0 Å². The van der Waals surface area contributed by atoms with E-state index in [9.17, 15) is 14.7 Å². The Morgan fingerprint density at radius 3 is 2.41 bits per heavy atom. The third-order valence-corrected chi connectivity index (χ3v) is 4.25. The van der Waals surface area contributed by atoms with Gasteiger partial charge in [-0.05, 0) is 43.0 Å². The predicted octanol–water partition coefficient (Wildman–Crippen LogP) is 4.02. The van der Waals surface area contributed by atoms with E-state index in [-0.39, 0.29) is 17.2 Å². The van der Waals surface area contributed by atoms with E-state index in [1.165, 1.54) is 32.2 Å². The van der Waals surface area contributed by atoms with Gasteiger partial charge in [-0.2, -0.15) is 0 Å². The molecule has 1 amide bonds. The Morgan fingerprint density at radius 1 is 1.11 bits per heavy atom. The number of methoxy groups -OCH3 is 1. The number of benzene rings is 2. The van der Waals surface area contributed by atoms with Crippen LogP contribution in [0.4, 0.5) is 5.69 Å². The van der Waals surface area contributed by atoms with E-state index in [2.05, 4.69) is 5.32 Å². The second kappa shape index (κ2) is 8.58. The molecule has 0 saturated heterocycles. The average molecular weight is 371 g/mol. The molecule has 0 radical (unpaired) electrons. The number of hydrogen-bond acceptors (Lipinski definition) is 5. The molecular weight excluding hydrogens is 346 g/mol. The summed E-state index contributed by atoms with van der Waals surface area (Å²) >= 11 is 0. The zero-order valence-electron chi connectivity index (χ0n) is 16.2. The number of ether oxygens (including phenoxy) is 2. The maximum atomic E-state index is 12.5. The highest BCUT2D eigenvalue weighted by atomic mass is 16.5. The van der Waals surface area contributed by atoms with Gasteiger partial charge in [0.1, 0.15) is 17.1 Å². The largest absolute Gasteiger partial charge is 0.507 e. The first-order valence-corrected chi connectivity index (χ1v) is 8.73. The third-order valence-electron chi connectivity index (χ3n) is 4.25. The van der Waals surface area contributed by atoms with Gasteiger partial charge in [0, 0.05) is 11.8 Å². The minimum atomic E-state index is -1.03. The highest BCUT2D eigenvalue weighted by Gasteiger charge is 2.22. The first-order valence-electron chi connectivity index (χ1n) is 8.73. The summed E-state index contributed by atoms with van der Waals surface area (Å²) in [7, 11) is 1.45. The first kappa shape index (κ1) is 20.3. The molecule has 0 bridgehead atoms. The number of amides is 1. The van der Waals surface area contributed by atoms with Gasteiger partial charge in [-0.15, -0.1) is 0 Å². The van der Waals surface area contributed by atoms with Crippen molar-refractivity contribution in [3.05, 3.63) is 53.1 Å². The van der Waals surface area contributed by atoms with Crippen LogP contribution in [0.25, 0.3) is 0 Å². The molecule has 0 fully saturated rings. The Balaban J connectivity index is 2.12. The quantitative estimate of drug-likeness (QED) is 0.749. The van der Waals surface area contributed by atoms with Crippen molar-refractivity contribution in [3.63, 3.8) is 0 Å². The van der Waals surface area contributed by atoms with Crippen LogP contribution in [0.15, 0.2) is 36.4 Å². The van der Waals surface area contributed by atoms with E-state index in [0.717, 1.165) is 16.8 Å². The van der Waals surface area contributed by atoms with Crippen LogP contribution < -0.4 is 10.1 Å². The van der Waals surface area contributed by atoms with Crippen molar-refractivity contribution in [1.82, 2.24) is 0 Å². The van der Waals surface area contributed by atoms with Gasteiger partial charge in [-0.25, -0.2) is 4.79 Å². The van der Waals surface area contributed by atoms with Crippen LogP contribution in [-0.4, -0.2) is 30.2 Å². The average Bonchev–Trinajstić information content (AvgIpc) is 2.62. The highest BCUT2D eigenvalue weighted by molar-refractivity contribution is 5.99. The van der Waals surface area contributed by atoms with Crippen LogP contribution in [0.3, 0.4) is 0 Å². The SMILES string of the molecule is COc1ccc(C(=O)O[C@@H](C)C(=O)Nc2c(C)cccc2C(C)C)c(O)c1. The molecule has 0 unspecified atom stereocenters. The van der Waals surface area contributed by atoms with Crippen molar-refractivity contribution < 1.29 is 24.2 Å². The fourth-order valence-corrected chi connectivity index (χ4v) is 2.66. The Kier molecular flexibility index (Phi) is 6.45. The summed E-state index contributed by atoms with van der Waals surface area (Å²) in [5.74, 6) is -0.850. The molecule has 2 rings (SSSR count). The smallest absolute Gasteiger partial charge is 0.342 e. The van der Waals surface area contributed by atoms with Crippen molar-refractivity contribution in [2.75, 3.05) is 12.4 Å². The predicted molar refractivity (Wildman–Crippen MR) is 103 cm³/mol. The molecule has 0 aliphatic carbocycles. The minimum Gasteiger partial charge on any atom is -0.507 e. The number of carbonyl (C=O) groups excluding carboxylic acids is 2. The standard InChI is InChI=1S/C21H25NO5/c1-12(2)16-8-6-7-13(3)19(16)22-20(24)14(4)27-21(25)17-10-9-15(26-5)11-18(17)23/h6-12,14,23H,1-5H3,(H,22,24)/t14-/m0/s1.